The fourth-order valence-electron chi connectivity index (χ4n) is 2.43. The van der Waals surface area contributed by atoms with Gasteiger partial charge in [0.1, 0.15) is 11.4 Å². The third-order valence-corrected chi connectivity index (χ3v) is 3.37. The largest absolute Gasteiger partial charge is 0.444 e. The van der Waals surface area contributed by atoms with E-state index in [2.05, 4.69) is 9.55 Å². The lowest BCUT2D eigenvalue weighted by Gasteiger charge is -2.34. The molecule has 0 bridgehead atoms. The SMILES string of the molecule is Cc1nccn1C1CCN(C(=O)OC(C)(C)C)CC1. The van der Waals surface area contributed by atoms with Gasteiger partial charge in [0.25, 0.3) is 0 Å². The number of likely N-dealkylation sites (tertiary alicyclic amines) is 1. The summed E-state index contributed by atoms with van der Waals surface area (Å²) in [6, 6.07) is 0.446. The molecule has 1 aliphatic rings. The predicted molar refractivity (Wildman–Crippen MR) is 73.0 cm³/mol. The van der Waals surface area contributed by atoms with Gasteiger partial charge in [-0.1, -0.05) is 0 Å². The molecule has 5 heteroatoms. The van der Waals surface area contributed by atoms with Crippen LogP contribution in [0.1, 0.15) is 45.5 Å². The van der Waals surface area contributed by atoms with E-state index in [1.807, 2.05) is 40.1 Å². The van der Waals surface area contributed by atoms with Gasteiger partial charge in [-0.05, 0) is 40.5 Å². The highest BCUT2D eigenvalue weighted by molar-refractivity contribution is 5.68. The second kappa shape index (κ2) is 5.23. The van der Waals surface area contributed by atoms with Crippen LogP contribution in [0.4, 0.5) is 4.79 Å². The number of hydrogen-bond acceptors (Lipinski definition) is 3. The maximum absolute atomic E-state index is 12.0. The lowest BCUT2D eigenvalue weighted by atomic mass is 10.1. The average Bonchev–Trinajstić information content (AvgIpc) is 2.73. The maximum Gasteiger partial charge on any atom is 0.410 e. The summed E-state index contributed by atoms with van der Waals surface area (Å²) >= 11 is 0. The summed E-state index contributed by atoms with van der Waals surface area (Å²) in [5.41, 5.74) is -0.422. The van der Waals surface area contributed by atoms with Crippen LogP contribution in [0.5, 0.6) is 0 Å². The quantitative estimate of drug-likeness (QED) is 0.784. The minimum Gasteiger partial charge on any atom is -0.444 e. The fraction of sp³-hybridized carbons (Fsp3) is 0.714. The Morgan fingerprint density at radius 2 is 2.00 bits per heavy atom. The van der Waals surface area contributed by atoms with Crippen molar-refractivity contribution < 1.29 is 9.53 Å². The number of carbonyl (C=O) groups is 1. The summed E-state index contributed by atoms with van der Waals surface area (Å²) in [5, 5.41) is 0. The lowest BCUT2D eigenvalue weighted by molar-refractivity contribution is 0.0188. The van der Waals surface area contributed by atoms with Crippen molar-refractivity contribution in [3.63, 3.8) is 0 Å². The highest BCUT2D eigenvalue weighted by Crippen LogP contribution is 2.24. The summed E-state index contributed by atoms with van der Waals surface area (Å²) < 4.78 is 7.60. The highest BCUT2D eigenvalue weighted by Gasteiger charge is 2.27. The van der Waals surface area contributed by atoms with Gasteiger partial charge >= 0.3 is 6.09 Å². The number of nitrogens with zero attached hydrogens (tertiary/aromatic N) is 3. The monoisotopic (exact) mass is 265 g/mol. The van der Waals surface area contributed by atoms with E-state index in [-0.39, 0.29) is 6.09 Å². The fourth-order valence-corrected chi connectivity index (χ4v) is 2.43. The number of amides is 1. The van der Waals surface area contributed by atoms with Crippen LogP contribution in [0.2, 0.25) is 0 Å². The zero-order chi connectivity index (χ0) is 14.0. The Hall–Kier alpha value is -1.52. The van der Waals surface area contributed by atoms with Crippen molar-refractivity contribution in [3.8, 4) is 0 Å². The molecule has 2 rings (SSSR count). The van der Waals surface area contributed by atoms with E-state index in [4.69, 9.17) is 4.74 Å². The Labute approximate surface area is 114 Å². The zero-order valence-corrected chi connectivity index (χ0v) is 12.2. The molecule has 1 fully saturated rings. The number of aromatic nitrogens is 2. The van der Waals surface area contributed by atoms with Crippen LogP contribution in [0.15, 0.2) is 12.4 Å². The molecule has 5 nitrogen and oxygen atoms in total. The van der Waals surface area contributed by atoms with E-state index in [0.29, 0.717) is 6.04 Å². The van der Waals surface area contributed by atoms with Crippen LogP contribution in [0.3, 0.4) is 0 Å². The van der Waals surface area contributed by atoms with Crippen molar-refractivity contribution in [3.05, 3.63) is 18.2 Å². The van der Waals surface area contributed by atoms with E-state index < -0.39 is 5.60 Å². The smallest absolute Gasteiger partial charge is 0.410 e. The minimum atomic E-state index is -0.422. The Balaban J connectivity index is 1.89. The number of rotatable bonds is 1. The Morgan fingerprint density at radius 1 is 1.37 bits per heavy atom. The van der Waals surface area contributed by atoms with Gasteiger partial charge in [-0.2, -0.15) is 0 Å². The topological polar surface area (TPSA) is 47.4 Å². The molecule has 0 aliphatic carbocycles. The van der Waals surface area contributed by atoms with Gasteiger partial charge in [0.05, 0.1) is 0 Å². The number of carbonyl (C=O) groups excluding carboxylic acids is 1. The van der Waals surface area contributed by atoms with Crippen LogP contribution in [-0.2, 0) is 4.74 Å². The molecule has 0 atom stereocenters. The molecule has 0 unspecified atom stereocenters. The second-order valence-corrected chi connectivity index (χ2v) is 6.08. The van der Waals surface area contributed by atoms with Gasteiger partial charge in [-0.3, -0.25) is 0 Å². The zero-order valence-electron chi connectivity index (χ0n) is 12.2. The first kappa shape index (κ1) is 13.9. The van der Waals surface area contributed by atoms with Crippen molar-refractivity contribution in [1.82, 2.24) is 14.5 Å². The first-order chi connectivity index (χ1) is 8.87. The number of aryl methyl sites for hydroxylation is 1. The van der Waals surface area contributed by atoms with Gasteiger partial charge in [-0.15, -0.1) is 0 Å². The normalized spacial score (nSPS) is 17.6. The second-order valence-electron chi connectivity index (χ2n) is 6.08. The molecule has 106 valence electrons. The summed E-state index contributed by atoms with van der Waals surface area (Å²) in [7, 11) is 0. The first-order valence-electron chi connectivity index (χ1n) is 6.84. The van der Waals surface area contributed by atoms with Crippen LogP contribution in [0.25, 0.3) is 0 Å². The molecule has 0 spiro atoms. The van der Waals surface area contributed by atoms with Gasteiger partial charge < -0.3 is 14.2 Å². The van der Waals surface area contributed by atoms with Gasteiger partial charge in [0, 0.05) is 31.5 Å². The van der Waals surface area contributed by atoms with Gasteiger partial charge in [0.2, 0.25) is 0 Å². The molecule has 2 heterocycles. The van der Waals surface area contributed by atoms with Crippen LogP contribution in [-0.4, -0.2) is 39.2 Å². The Bertz CT molecular complexity index is 440. The van der Waals surface area contributed by atoms with Crippen molar-refractivity contribution >= 4 is 6.09 Å². The molecule has 1 saturated heterocycles. The van der Waals surface area contributed by atoms with E-state index in [1.54, 1.807) is 4.90 Å². The van der Waals surface area contributed by atoms with Gasteiger partial charge in [0.15, 0.2) is 0 Å². The molecule has 0 aromatic carbocycles. The van der Waals surface area contributed by atoms with Crippen LogP contribution in [0, 0.1) is 6.92 Å². The molecule has 1 amide bonds. The Morgan fingerprint density at radius 3 is 2.47 bits per heavy atom. The number of piperidine rings is 1. The van der Waals surface area contributed by atoms with E-state index in [0.717, 1.165) is 31.8 Å². The average molecular weight is 265 g/mol. The third kappa shape index (κ3) is 3.49. The lowest BCUT2D eigenvalue weighted by Crippen LogP contribution is -2.42. The van der Waals surface area contributed by atoms with E-state index in [9.17, 15) is 4.79 Å². The first-order valence-corrected chi connectivity index (χ1v) is 6.84. The standard InChI is InChI=1S/C14H23N3O2/c1-11-15-7-10-17(11)12-5-8-16(9-6-12)13(18)19-14(2,3)4/h7,10,12H,5-6,8-9H2,1-4H3. The molecule has 1 aliphatic heterocycles. The van der Waals surface area contributed by atoms with Crippen molar-refractivity contribution in [1.29, 1.82) is 0 Å². The molecular weight excluding hydrogens is 242 g/mol. The Kier molecular flexibility index (Phi) is 3.83. The molecule has 1 aromatic rings. The maximum atomic E-state index is 12.0. The van der Waals surface area contributed by atoms with Crippen molar-refractivity contribution in [2.75, 3.05) is 13.1 Å². The molecule has 0 N–H and O–H groups in total. The summed E-state index contributed by atoms with van der Waals surface area (Å²) in [6.45, 7) is 9.19. The number of hydrogen-bond donors (Lipinski definition) is 0. The summed E-state index contributed by atoms with van der Waals surface area (Å²) in [5.74, 6) is 1.04. The molecular formula is C14H23N3O2. The third-order valence-electron chi connectivity index (χ3n) is 3.37. The highest BCUT2D eigenvalue weighted by atomic mass is 16.6. The summed E-state index contributed by atoms with van der Waals surface area (Å²) in [6.07, 6.45) is 5.55. The van der Waals surface area contributed by atoms with Crippen LogP contribution < -0.4 is 0 Å². The molecule has 0 radical (unpaired) electrons. The molecule has 19 heavy (non-hydrogen) atoms. The molecule has 0 saturated carbocycles. The van der Waals surface area contributed by atoms with Gasteiger partial charge in [-0.25, -0.2) is 9.78 Å². The number of ether oxygens (including phenoxy) is 1. The summed E-state index contributed by atoms with van der Waals surface area (Å²) in [4.78, 5) is 18.0. The minimum absolute atomic E-state index is 0.201. The van der Waals surface area contributed by atoms with E-state index in [1.165, 1.54) is 0 Å². The van der Waals surface area contributed by atoms with Crippen LogP contribution >= 0.6 is 0 Å². The van der Waals surface area contributed by atoms with Crippen molar-refractivity contribution in [2.45, 2.75) is 52.2 Å². The van der Waals surface area contributed by atoms with E-state index >= 15 is 0 Å². The van der Waals surface area contributed by atoms with Crippen molar-refractivity contribution in [2.24, 2.45) is 0 Å². The molecule has 1 aromatic heterocycles. The number of imidazole rings is 1. The predicted octanol–water partition coefficient (Wildman–Crippen LogP) is 2.76.